The molecule has 4 rings (SSSR count). The highest BCUT2D eigenvalue weighted by Gasteiger charge is 2.33. The van der Waals surface area contributed by atoms with Crippen molar-refractivity contribution < 1.29 is 26.3 Å². The first-order chi connectivity index (χ1) is 14.1. The van der Waals surface area contributed by atoms with Gasteiger partial charge in [0.15, 0.2) is 5.82 Å². The summed E-state index contributed by atoms with van der Waals surface area (Å²) in [6.45, 7) is 0.300. The molecule has 2 aromatic heterocycles. The molecular formula is C20H12F6N4. The predicted octanol–water partition coefficient (Wildman–Crippen LogP) is 5.61. The minimum absolute atomic E-state index is 0.0339. The zero-order valence-corrected chi connectivity index (χ0v) is 15.0. The van der Waals surface area contributed by atoms with E-state index >= 15 is 0 Å². The number of anilines is 1. The second-order valence-electron chi connectivity index (χ2n) is 6.48. The number of alkyl halides is 6. The summed E-state index contributed by atoms with van der Waals surface area (Å²) >= 11 is 0. The number of halogens is 6. The molecule has 0 fully saturated rings. The molecule has 1 aromatic carbocycles. The Morgan fingerprint density at radius 1 is 0.767 bits per heavy atom. The fourth-order valence-electron chi connectivity index (χ4n) is 3.02. The summed E-state index contributed by atoms with van der Waals surface area (Å²) in [4.78, 5) is 13.6. The number of fused-ring (bicyclic) bond motifs is 1. The van der Waals surface area contributed by atoms with Crippen molar-refractivity contribution in [3.8, 4) is 0 Å². The fourth-order valence-corrected chi connectivity index (χ4v) is 3.02. The summed E-state index contributed by atoms with van der Waals surface area (Å²) in [5, 5.41) is 0. The topological polar surface area (TPSA) is 41.4 Å². The van der Waals surface area contributed by atoms with E-state index in [4.69, 9.17) is 0 Å². The zero-order valence-electron chi connectivity index (χ0n) is 15.0. The Morgan fingerprint density at radius 3 is 1.97 bits per heavy atom. The van der Waals surface area contributed by atoms with Crippen LogP contribution in [-0.4, -0.2) is 15.8 Å². The molecule has 0 aliphatic carbocycles. The van der Waals surface area contributed by atoms with Crippen molar-refractivity contribution in [3.05, 3.63) is 83.2 Å². The molecule has 0 atom stereocenters. The average Bonchev–Trinajstić information content (AvgIpc) is 3.06. The van der Waals surface area contributed by atoms with E-state index in [1.807, 2.05) is 6.07 Å². The Morgan fingerprint density at radius 2 is 1.40 bits per heavy atom. The maximum absolute atomic E-state index is 12.8. The van der Waals surface area contributed by atoms with Gasteiger partial charge < -0.3 is 4.90 Å². The normalized spacial score (nSPS) is 15.5. The van der Waals surface area contributed by atoms with Crippen molar-refractivity contribution in [3.63, 3.8) is 0 Å². The molecule has 1 aliphatic heterocycles. The van der Waals surface area contributed by atoms with Gasteiger partial charge in [0, 0.05) is 18.0 Å². The molecule has 4 nitrogen and oxygen atoms in total. The van der Waals surface area contributed by atoms with Gasteiger partial charge in [-0.1, -0.05) is 24.3 Å². The van der Waals surface area contributed by atoms with Gasteiger partial charge in [0.2, 0.25) is 0 Å². The first-order valence-electron chi connectivity index (χ1n) is 8.64. The number of aromatic nitrogens is 2. The zero-order chi connectivity index (χ0) is 21.5. The molecule has 0 radical (unpaired) electrons. The molecule has 0 unspecified atom stereocenters. The van der Waals surface area contributed by atoms with Crippen LogP contribution in [0, 0.1) is 0 Å². The Bertz CT molecular complexity index is 1090. The van der Waals surface area contributed by atoms with Crippen LogP contribution in [-0.2, 0) is 18.9 Å². The lowest BCUT2D eigenvalue weighted by atomic mass is 10.1. The van der Waals surface area contributed by atoms with E-state index in [-0.39, 0.29) is 11.6 Å². The van der Waals surface area contributed by atoms with Gasteiger partial charge >= 0.3 is 12.4 Å². The van der Waals surface area contributed by atoms with Gasteiger partial charge in [0.1, 0.15) is 11.7 Å². The van der Waals surface area contributed by atoms with Gasteiger partial charge in [-0.2, -0.15) is 26.3 Å². The molecule has 1 aliphatic rings. The highest BCUT2D eigenvalue weighted by atomic mass is 19.4. The van der Waals surface area contributed by atoms with Crippen LogP contribution in [0.5, 0.6) is 0 Å². The number of hydrogen-bond donors (Lipinski definition) is 0. The summed E-state index contributed by atoms with van der Waals surface area (Å²) in [5.41, 5.74) is -0.240. The summed E-state index contributed by atoms with van der Waals surface area (Å²) in [6, 6.07) is 11.3. The van der Waals surface area contributed by atoms with Crippen molar-refractivity contribution >= 4 is 17.5 Å². The van der Waals surface area contributed by atoms with E-state index in [1.54, 1.807) is 23.1 Å². The SMILES string of the molecule is FC(F)(F)c1ccc(N=C2c3ccccc3CN2c2ccc(C(F)(F)F)cn2)nc1. The third-order valence-electron chi connectivity index (χ3n) is 4.49. The first-order valence-corrected chi connectivity index (χ1v) is 8.64. The largest absolute Gasteiger partial charge is 0.417 e. The number of amidine groups is 1. The molecule has 0 amide bonds. The lowest BCUT2D eigenvalue weighted by Gasteiger charge is -2.18. The van der Waals surface area contributed by atoms with Crippen LogP contribution in [0.4, 0.5) is 38.0 Å². The first kappa shape index (κ1) is 19.9. The number of nitrogens with zero attached hydrogens (tertiary/aromatic N) is 4. The number of benzene rings is 1. The maximum Gasteiger partial charge on any atom is 0.417 e. The van der Waals surface area contributed by atoms with Gasteiger partial charge in [-0.25, -0.2) is 15.0 Å². The van der Waals surface area contributed by atoms with Gasteiger partial charge in [0.25, 0.3) is 0 Å². The summed E-state index contributed by atoms with van der Waals surface area (Å²) in [6.07, 6.45) is -7.62. The third-order valence-corrected chi connectivity index (χ3v) is 4.49. The van der Waals surface area contributed by atoms with Gasteiger partial charge in [-0.15, -0.1) is 0 Å². The van der Waals surface area contributed by atoms with E-state index in [1.165, 1.54) is 6.07 Å². The molecule has 10 heteroatoms. The van der Waals surface area contributed by atoms with Crippen LogP contribution in [0.3, 0.4) is 0 Å². The molecule has 0 N–H and O–H groups in total. The quantitative estimate of drug-likeness (QED) is 0.504. The van der Waals surface area contributed by atoms with Crippen LogP contribution < -0.4 is 4.90 Å². The Labute approximate surface area is 166 Å². The molecule has 0 saturated carbocycles. The lowest BCUT2D eigenvalue weighted by molar-refractivity contribution is -0.138. The Balaban J connectivity index is 1.73. The smallest absolute Gasteiger partial charge is 0.306 e. The summed E-state index contributed by atoms with van der Waals surface area (Å²) in [7, 11) is 0. The Kier molecular flexibility index (Phi) is 4.71. The lowest BCUT2D eigenvalue weighted by Crippen LogP contribution is -2.25. The molecule has 0 saturated heterocycles. The minimum Gasteiger partial charge on any atom is -0.306 e. The van der Waals surface area contributed by atoms with Crippen LogP contribution in [0.2, 0.25) is 0 Å². The second-order valence-corrected chi connectivity index (χ2v) is 6.48. The summed E-state index contributed by atoms with van der Waals surface area (Å²) < 4.78 is 76.7. The van der Waals surface area contributed by atoms with Gasteiger partial charge in [-0.3, -0.25) is 0 Å². The molecule has 3 aromatic rings. The van der Waals surface area contributed by atoms with Crippen molar-refractivity contribution in [1.29, 1.82) is 0 Å². The minimum atomic E-state index is -4.52. The van der Waals surface area contributed by atoms with Crippen molar-refractivity contribution in [1.82, 2.24) is 9.97 Å². The van der Waals surface area contributed by atoms with Gasteiger partial charge in [0.05, 0.1) is 17.7 Å². The van der Waals surface area contributed by atoms with E-state index in [2.05, 4.69) is 15.0 Å². The maximum atomic E-state index is 12.8. The van der Waals surface area contributed by atoms with Crippen molar-refractivity contribution in [2.45, 2.75) is 18.9 Å². The molecule has 154 valence electrons. The van der Waals surface area contributed by atoms with Gasteiger partial charge in [-0.05, 0) is 29.8 Å². The molecular weight excluding hydrogens is 410 g/mol. The third kappa shape index (κ3) is 3.85. The molecule has 0 spiro atoms. The van der Waals surface area contributed by atoms with E-state index in [0.29, 0.717) is 24.1 Å². The van der Waals surface area contributed by atoms with Crippen molar-refractivity contribution in [2.75, 3.05) is 4.90 Å². The Hall–Kier alpha value is -3.43. The number of aliphatic imine (C=N–C) groups is 1. The predicted molar refractivity (Wildman–Crippen MR) is 97.3 cm³/mol. The highest BCUT2D eigenvalue weighted by molar-refractivity contribution is 6.14. The molecule has 0 bridgehead atoms. The number of hydrogen-bond acceptors (Lipinski definition) is 3. The molecule has 3 heterocycles. The van der Waals surface area contributed by atoms with E-state index in [0.717, 1.165) is 30.0 Å². The van der Waals surface area contributed by atoms with E-state index < -0.39 is 23.5 Å². The average molecular weight is 422 g/mol. The second kappa shape index (κ2) is 7.12. The monoisotopic (exact) mass is 422 g/mol. The van der Waals surface area contributed by atoms with E-state index in [9.17, 15) is 26.3 Å². The van der Waals surface area contributed by atoms with Crippen LogP contribution in [0.1, 0.15) is 22.3 Å². The number of pyridine rings is 2. The summed E-state index contributed by atoms with van der Waals surface area (Å²) in [5.74, 6) is 0.599. The molecule has 30 heavy (non-hydrogen) atoms. The van der Waals surface area contributed by atoms with Crippen LogP contribution in [0.25, 0.3) is 0 Å². The van der Waals surface area contributed by atoms with Crippen LogP contribution in [0.15, 0.2) is 65.9 Å². The number of rotatable bonds is 2. The van der Waals surface area contributed by atoms with Crippen molar-refractivity contribution in [2.24, 2.45) is 4.99 Å². The fraction of sp³-hybridized carbons (Fsp3) is 0.150. The highest BCUT2D eigenvalue weighted by Crippen LogP contribution is 2.33. The van der Waals surface area contributed by atoms with Crippen LogP contribution >= 0.6 is 0 Å². The standard InChI is InChI=1S/C20H12F6N4/c21-19(22,23)13-5-7-16(27-9-13)29-18-15-4-2-1-3-12(15)11-30(18)17-8-6-14(10-28-17)20(24,25)26/h1-10H,11H2.